The van der Waals surface area contributed by atoms with Crippen LogP contribution < -0.4 is 5.32 Å². The Morgan fingerprint density at radius 1 is 1.65 bits per heavy atom. The van der Waals surface area contributed by atoms with E-state index in [0.29, 0.717) is 6.61 Å². The normalized spacial score (nSPS) is 24.4. The first-order valence-corrected chi connectivity index (χ1v) is 5.70. The third-order valence-corrected chi connectivity index (χ3v) is 2.82. The van der Waals surface area contributed by atoms with Crippen LogP contribution in [0.15, 0.2) is 18.3 Å². The molecule has 1 saturated heterocycles. The van der Waals surface area contributed by atoms with E-state index in [2.05, 4.69) is 10.3 Å². The minimum absolute atomic E-state index is 0.00774. The molecule has 0 saturated carbocycles. The molecule has 0 spiro atoms. The molecular weight excluding hydrogens is 223 g/mol. The number of aromatic nitrogens is 1. The highest BCUT2D eigenvalue weighted by Gasteiger charge is 2.22. The first-order chi connectivity index (χ1) is 8.16. The van der Waals surface area contributed by atoms with Crippen LogP contribution in [0.4, 0.5) is 4.39 Å². The Balaban J connectivity index is 1.99. The van der Waals surface area contributed by atoms with Crippen molar-refractivity contribution in [1.82, 2.24) is 10.3 Å². The van der Waals surface area contributed by atoms with Crippen molar-refractivity contribution in [2.24, 2.45) is 0 Å². The number of hydrogen-bond acceptors (Lipinski definition) is 3. The van der Waals surface area contributed by atoms with Gasteiger partial charge in [-0.15, -0.1) is 0 Å². The largest absolute Gasteiger partial charge is 0.378 e. The van der Waals surface area contributed by atoms with Crippen LogP contribution in [-0.2, 0) is 4.74 Å². The molecule has 1 N–H and O–H groups in total. The van der Waals surface area contributed by atoms with E-state index in [4.69, 9.17) is 4.74 Å². The molecule has 5 heteroatoms. The summed E-state index contributed by atoms with van der Waals surface area (Å²) >= 11 is 0. The molecule has 1 aliphatic rings. The molecule has 0 bridgehead atoms. The Labute approximate surface area is 99.2 Å². The maximum Gasteiger partial charge on any atom is 0.256 e. The van der Waals surface area contributed by atoms with E-state index in [9.17, 15) is 9.18 Å². The lowest BCUT2D eigenvalue weighted by Gasteiger charge is -2.27. The van der Waals surface area contributed by atoms with Crippen LogP contribution in [0.5, 0.6) is 0 Å². The number of hydrogen-bond donors (Lipinski definition) is 1. The molecule has 17 heavy (non-hydrogen) atoms. The quantitative estimate of drug-likeness (QED) is 0.795. The maximum absolute atomic E-state index is 13.3. The lowest BCUT2D eigenvalue weighted by molar-refractivity contribution is 0.0136. The topological polar surface area (TPSA) is 51.2 Å². The molecule has 1 aromatic heterocycles. The van der Waals surface area contributed by atoms with Gasteiger partial charge in [-0.1, -0.05) is 0 Å². The molecule has 1 amide bonds. The fourth-order valence-electron chi connectivity index (χ4n) is 1.95. The number of pyridine rings is 1. The third kappa shape index (κ3) is 3.00. The highest BCUT2D eigenvalue weighted by atomic mass is 19.1. The monoisotopic (exact) mass is 238 g/mol. The Kier molecular flexibility index (Phi) is 3.68. The molecule has 4 nitrogen and oxygen atoms in total. The molecule has 92 valence electrons. The molecule has 2 atom stereocenters. The van der Waals surface area contributed by atoms with Gasteiger partial charge in [-0.2, -0.15) is 4.39 Å². The maximum atomic E-state index is 13.3. The van der Waals surface area contributed by atoms with E-state index in [0.717, 1.165) is 12.8 Å². The highest BCUT2D eigenvalue weighted by molar-refractivity contribution is 5.94. The Bertz CT molecular complexity index is 411. The Morgan fingerprint density at radius 2 is 2.47 bits per heavy atom. The number of rotatable bonds is 2. The molecule has 2 heterocycles. The average Bonchev–Trinajstić information content (AvgIpc) is 2.29. The van der Waals surface area contributed by atoms with Crippen LogP contribution in [-0.4, -0.2) is 29.6 Å². The van der Waals surface area contributed by atoms with Gasteiger partial charge in [-0.25, -0.2) is 4.98 Å². The SMILES string of the molecule is CC1CC(NC(=O)c2cccnc2F)CCO1. The second-order valence-electron chi connectivity index (χ2n) is 4.22. The van der Waals surface area contributed by atoms with Crippen LogP contribution in [0.2, 0.25) is 0 Å². The van der Waals surface area contributed by atoms with Gasteiger partial charge in [-0.3, -0.25) is 4.79 Å². The van der Waals surface area contributed by atoms with Crippen LogP contribution in [0.3, 0.4) is 0 Å². The smallest absolute Gasteiger partial charge is 0.256 e. The summed E-state index contributed by atoms with van der Waals surface area (Å²) < 4.78 is 18.7. The molecule has 1 fully saturated rings. The molecule has 2 unspecified atom stereocenters. The van der Waals surface area contributed by atoms with Crippen LogP contribution in [0.1, 0.15) is 30.1 Å². The van der Waals surface area contributed by atoms with Gasteiger partial charge in [0.15, 0.2) is 0 Å². The van der Waals surface area contributed by atoms with Crippen molar-refractivity contribution in [1.29, 1.82) is 0 Å². The summed E-state index contributed by atoms with van der Waals surface area (Å²) in [6, 6.07) is 3.02. The summed E-state index contributed by atoms with van der Waals surface area (Å²) in [6.07, 6.45) is 2.97. The van der Waals surface area contributed by atoms with Crippen molar-refractivity contribution in [3.8, 4) is 0 Å². The summed E-state index contributed by atoms with van der Waals surface area (Å²) in [7, 11) is 0. The second kappa shape index (κ2) is 5.23. The number of nitrogens with one attached hydrogen (secondary N) is 1. The van der Waals surface area contributed by atoms with Gasteiger partial charge in [0.2, 0.25) is 5.95 Å². The number of carbonyl (C=O) groups is 1. The number of carbonyl (C=O) groups excluding carboxylic acids is 1. The Hall–Kier alpha value is -1.49. The van der Waals surface area contributed by atoms with Crippen molar-refractivity contribution in [2.75, 3.05) is 6.61 Å². The standard InChI is InChI=1S/C12H15FN2O2/c1-8-7-9(4-6-17-8)15-12(16)10-3-2-5-14-11(10)13/h2-3,5,8-9H,4,6-7H2,1H3,(H,15,16). The van der Waals surface area contributed by atoms with Crippen molar-refractivity contribution in [2.45, 2.75) is 31.9 Å². The van der Waals surface area contributed by atoms with Crippen LogP contribution in [0, 0.1) is 5.95 Å². The minimum atomic E-state index is -0.731. The van der Waals surface area contributed by atoms with Gasteiger partial charge in [0.1, 0.15) is 0 Å². The van der Waals surface area contributed by atoms with Gasteiger partial charge in [0.25, 0.3) is 5.91 Å². The van der Waals surface area contributed by atoms with Crippen molar-refractivity contribution < 1.29 is 13.9 Å². The molecular formula is C12H15FN2O2. The van der Waals surface area contributed by atoms with E-state index in [1.807, 2.05) is 6.92 Å². The first-order valence-electron chi connectivity index (χ1n) is 5.70. The fourth-order valence-corrected chi connectivity index (χ4v) is 1.95. The number of halogens is 1. The second-order valence-corrected chi connectivity index (χ2v) is 4.22. The zero-order valence-corrected chi connectivity index (χ0v) is 9.65. The number of ether oxygens (including phenoxy) is 1. The zero-order valence-electron chi connectivity index (χ0n) is 9.65. The van der Waals surface area contributed by atoms with Crippen molar-refractivity contribution in [3.63, 3.8) is 0 Å². The van der Waals surface area contributed by atoms with Gasteiger partial charge in [0.05, 0.1) is 11.7 Å². The van der Waals surface area contributed by atoms with E-state index < -0.39 is 11.9 Å². The lowest BCUT2D eigenvalue weighted by Crippen LogP contribution is -2.41. The summed E-state index contributed by atoms with van der Waals surface area (Å²) in [4.78, 5) is 15.3. The molecule has 2 rings (SSSR count). The van der Waals surface area contributed by atoms with E-state index >= 15 is 0 Å². The van der Waals surface area contributed by atoms with E-state index in [1.165, 1.54) is 12.3 Å². The summed E-state index contributed by atoms with van der Waals surface area (Å²) in [5.74, 6) is -1.14. The zero-order chi connectivity index (χ0) is 12.3. The van der Waals surface area contributed by atoms with Crippen molar-refractivity contribution in [3.05, 3.63) is 29.8 Å². The van der Waals surface area contributed by atoms with Gasteiger partial charge < -0.3 is 10.1 Å². The summed E-state index contributed by atoms with van der Waals surface area (Å²) in [5, 5.41) is 2.81. The molecule has 1 aliphatic heterocycles. The number of nitrogens with zero attached hydrogens (tertiary/aromatic N) is 1. The lowest BCUT2D eigenvalue weighted by atomic mass is 10.0. The summed E-state index contributed by atoms with van der Waals surface area (Å²) in [5.41, 5.74) is -0.00774. The molecule has 1 aromatic rings. The van der Waals surface area contributed by atoms with Crippen LogP contribution in [0.25, 0.3) is 0 Å². The van der Waals surface area contributed by atoms with E-state index in [1.54, 1.807) is 6.07 Å². The molecule has 0 aliphatic carbocycles. The fraction of sp³-hybridized carbons (Fsp3) is 0.500. The average molecular weight is 238 g/mol. The minimum Gasteiger partial charge on any atom is -0.378 e. The predicted octanol–water partition coefficient (Wildman–Crippen LogP) is 1.52. The Morgan fingerprint density at radius 3 is 3.18 bits per heavy atom. The van der Waals surface area contributed by atoms with Gasteiger partial charge in [0, 0.05) is 18.8 Å². The number of amides is 1. The third-order valence-electron chi connectivity index (χ3n) is 2.82. The molecule has 0 radical (unpaired) electrons. The molecule has 0 aromatic carbocycles. The van der Waals surface area contributed by atoms with Gasteiger partial charge >= 0.3 is 0 Å². The van der Waals surface area contributed by atoms with Crippen LogP contribution >= 0.6 is 0 Å². The highest BCUT2D eigenvalue weighted by Crippen LogP contribution is 2.14. The van der Waals surface area contributed by atoms with E-state index in [-0.39, 0.29) is 17.7 Å². The summed E-state index contributed by atoms with van der Waals surface area (Å²) in [6.45, 7) is 2.59. The van der Waals surface area contributed by atoms with Gasteiger partial charge in [-0.05, 0) is 31.9 Å². The predicted molar refractivity (Wildman–Crippen MR) is 60.1 cm³/mol. The van der Waals surface area contributed by atoms with Crippen molar-refractivity contribution >= 4 is 5.91 Å². The first kappa shape index (κ1) is 12.0.